The number of alkyl halides is 5. The van der Waals surface area contributed by atoms with Crippen molar-refractivity contribution in [3.63, 3.8) is 0 Å². The fourth-order valence-electron chi connectivity index (χ4n) is 4.17. The zero-order valence-corrected chi connectivity index (χ0v) is 19.9. The molecule has 1 aromatic carbocycles. The zero-order chi connectivity index (χ0) is 26.3. The molecule has 0 aliphatic carbocycles. The molecule has 3 heterocycles. The summed E-state index contributed by atoms with van der Waals surface area (Å²) in [5.41, 5.74) is -0.698. The van der Waals surface area contributed by atoms with Gasteiger partial charge in [-0.05, 0) is 30.5 Å². The summed E-state index contributed by atoms with van der Waals surface area (Å²) in [6.07, 6.45) is -3.86. The molecule has 2 aromatic heterocycles. The van der Waals surface area contributed by atoms with Crippen LogP contribution >= 0.6 is 11.3 Å². The zero-order valence-electron chi connectivity index (χ0n) is 19.1. The third kappa shape index (κ3) is 5.61. The number of anilines is 1. The molecule has 192 valence electrons. The van der Waals surface area contributed by atoms with Crippen LogP contribution in [0.2, 0.25) is 0 Å². The molecule has 0 radical (unpaired) electrons. The van der Waals surface area contributed by atoms with E-state index in [0.717, 1.165) is 16.2 Å². The molecule has 1 amide bonds. The van der Waals surface area contributed by atoms with Gasteiger partial charge in [0.2, 0.25) is 5.95 Å². The van der Waals surface area contributed by atoms with Crippen molar-refractivity contribution < 1.29 is 31.1 Å². The van der Waals surface area contributed by atoms with Crippen LogP contribution in [-0.4, -0.2) is 50.8 Å². The first kappa shape index (κ1) is 25.9. The van der Waals surface area contributed by atoms with E-state index in [1.807, 2.05) is 0 Å². The number of rotatable bonds is 5. The molecule has 0 bridgehead atoms. The van der Waals surface area contributed by atoms with E-state index in [9.17, 15) is 31.1 Å². The van der Waals surface area contributed by atoms with E-state index < -0.39 is 54.3 Å². The van der Waals surface area contributed by atoms with E-state index >= 15 is 0 Å². The van der Waals surface area contributed by atoms with E-state index in [-0.39, 0.29) is 18.2 Å². The number of piperidine rings is 1. The van der Waals surface area contributed by atoms with Gasteiger partial charge < -0.3 is 10.2 Å². The Labute approximate surface area is 206 Å². The molecule has 2 atom stereocenters. The molecule has 1 fully saturated rings. The molecule has 0 saturated carbocycles. The highest BCUT2D eigenvalue weighted by atomic mass is 32.1. The third-order valence-electron chi connectivity index (χ3n) is 5.81. The Morgan fingerprint density at radius 3 is 2.58 bits per heavy atom. The summed E-state index contributed by atoms with van der Waals surface area (Å²) < 4.78 is 81.2. The average Bonchev–Trinajstić information content (AvgIpc) is 3.18. The van der Waals surface area contributed by atoms with Crippen molar-refractivity contribution >= 4 is 23.2 Å². The van der Waals surface area contributed by atoms with Gasteiger partial charge in [-0.25, -0.2) is 28.1 Å². The molecule has 4 rings (SSSR count). The SMILES string of the molecule is Cc1nc(C(=O)N2CC(F)(F)C[C@@H](C)[C@H]2CNc2ncc(C(F)(F)F)cn2)c(-c2cccc(F)c2)s1. The van der Waals surface area contributed by atoms with Crippen LogP contribution in [0.4, 0.5) is 32.3 Å². The summed E-state index contributed by atoms with van der Waals surface area (Å²) in [4.78, 5) is 26.5. The van der Waals surface area contributed by atoms with E-state index in [1.165, 1.54) is 18.2 Å². The van der Waals surface area contributed by atoms with Gasteiger partial charge in [-0.1, -0.05) is 19.1 Å². The standard InChI is InChI=1S/C23H21F6N5OS/c1-12-7-22(25,26)11-34(17(12)10-32-21-30-8-15(9-31-21)23(27,28)29)20(35)18-19(36-13(2)33-18)14-4-3-5-16(24)6-14/h3-6,8-9,12,17H,7,10-11H2,1-2H3,(H,30,31,32)/t12-,17-/m1/s1. The maximum absolute atomic E-state index is 14.5. The summed E-state index contributed by atoms with van der Waals surface area (Å²) in [6.45, 7) is 2.27. The minimum absolute atomic E-state index is 0.0659. The lowest BCUT2D eigenvalue weighted by Crippen LogP contribution is -2.57. The second kappa shape index (κ2) is 9.68. The van der Waals surface area contributed by atoms with E-state index in [2.05, 4.69) is 20.3 Å². The number of hydrogen-bond donors (Lipinski definition) is 1. The number of nitrogens with zero attached hydrogens (tertiary/aromatic N) is 4. The summed E-state index contributed by atoms with van der Waals surface area (Å²) in [5, 5.41) is 3.25. The molecule has 3 aromatic rings. The Kier molecular flexibility index (Phi) is 6.95. The number of hydrogen-bond acceptors (Lipinski definition) is 6. The van der Waals surface area contributed by atoms with Gasteiger partial charge in [0, 0.05) is 25.4 Å². The number of nitrogens with one attached hydrogen (secondary N) is 1. The van der Waals surface area contributed by atoms with Crippen LogP contribution in [0.5, 0.6) is 0 Å². The van der Waals surface area contributed by atoms with Crippen molar-refractivity contribution in [2.24, 2.45) is 5.92 Å². The number of halogens is 6. The number of likely N-dealkylation sites (tertiary alicyclic amines) is 1. The first-order valence-corrected chi connectivity index (χ1v) is 11.7. The minimum atomic E-state index is -4.60. The highest BCUT2D eigenvalue weighted by Crippen LogP contribution is 2.38. The fraction of sp³-hybridized carbons (Fsp3) is 0.391. The summed E-state index contributed by atoms with van der Waals surface area (Å²) in [5.74, 6) is -5.22. The molecule has 0 unspecified atom stereocenters. The van der Waals surface area contributed by atoms with Crippen LogP contribution in [0, 0.1) is 18.7 Å². The smallest absolute Gasteiger partial charge is 0.352 e. The van der Waals surface area contributed by atoms with Crippen LogP contribution in [-0.2, 0) is 6.18 Å². The van der Waals surface area contributed by atoms with Gasteiger partial charge in [-0.3, -0.25) is 4.79 Å². The number of benzene rings is 1. The van der Waals surface area contributed by atoms with Gasteiger partial charge in [0.25, 0.3) is 11.8 Å². The Hall–Kier alpha value is -3.22. The molecular formula is C23H21F6N5OS. The molecule has 1 saturated heterocycles. The number of amides is 1. The summed E-state index contributed by atoms with van der Waals surface area (Å²) >= 11 is 1.14. The molecule has 36 heavy (non-hydrogen) atoms. The first-order chi connectivity index (χ1) is 16.8. The van der Waals surface area contributed by atoms with E-state index in [4.69, 9.17) is 0 Å². The van der Waals surface area contributed by atoms with Crippen LogP contribution in [0.15, 0.2) is 36.7 Å². The quantitative estimate of drug-likeness (QED) is 0.432. The fourth-order valence-corrected chi connectivity index (χ4v) is 5.08. The number of carbonyl (C=O) groups excluding carboxylic acids is 1. The monoisotopic (exact) mass is 529 g/mol. The van der Waals surface area contributed by atoms with Crippen molar-refractivity contribution in [1.29, 1.82) is 0 Å². The van der Waals surface area contributed by atoms with Crippen LogP contribution in [0.3, 0.4) is 0 Å². The predicted octanol–water partition coefficient (Wildman–Crippen LogP) is 5.66. The van der Waals surface area contributed by atoms with Gasteiger partial charge in [0.05, 0.1) is 28.0 Å². The molecule has 13 heteroatoms. The molecule has 1 aliphatic heterocycles. The Bertz CT molecular complexity index is 1250. The van der Waals surface area contributed by atoms with Crippen molar-refractivity contribution in [3.05, 3.63) is 58.7 Å². The summed E-state index contributed by atoms with van der Waals surface area (Å²) in [7, 11) is 0. The van der Waals surface area contributed by atoms with E-state index in [0.29, 0.717) is 27.8 Å². The maximum Gasteiger partial charge on any atom is 0.419 e. The number of aryl methyl sites for hydroxylation is 1. The predicted molar refractivity (Wildman–Crippen MR) is 121 cm³/mol. The van der Waals surface area contributed by atoms with Gasteiger partial charge in [-0.15, -0.1) is 11.3 Å². The van der Waals surface area contributed by atoms with Crippen molar-refractivity contribution in [2.45, 2.75) is 38.4 Å². The van der Waals surface area contributed by atoms with Crippen LogP contribution in [0.25, 0.3) is 10.4 Å². The van der Waals surface area contributed by atoms with Gasteiger partial charge in [0.1, 0.15) is 11.5 Å². The second-order valence-electron chi connectivity index (χ2n) is 8.63. The Morgan fingerprint density at radius 2 is 1.94 bits per heavy atom. The topological polar surface area (TPSA) is 71.0 Å². The van der Waals surface area contributed by atoms with E-state index in [1.54, 1.807) is 19.9 Å². The maximum atomic E-state index is 14.5. The Morgan fingerprint density at radius 1 is 1.25 bits per heavy atom. The van der Waals surface area contributed by atoms with Gasteiger partial charge >= 0.3 is 6.18 Å². The lowest BCUT2D eigenvalue weighted by molar-refractivity contribution is -0.138. The molecule has 0 spiro atoms. The lowest BCUT2D eigenvalue weighted by Gasteiger charge is -2.43. The molecular weight excluding hydrogens is 508 g/mol. The van der Waals surface area contributed by atoms with Crippen molar-refractivity contribution in [2.75, 3.05) is 18.4 Å². The normalized spacial score (nSPS) is 19.8. The lowest BCUT2D eigenvalue weighted by atomic mass is 9.88. The number of thiazole rings is 1. The number of carbonyl (C=O) groups is 1. The third-order valence-corrected chi connectivity index (χ3v) is 6.83. The first-order valence-electron chi connectivity index (χ1n) is 10.9. The van der Waals surface area contributed by atoms with Crippen molar-refractivity contribution in [1.82, 2.24) is 19.9 Å². The molecule has 6 nitrogen and oxygen atoms in total. The largest absolute Gasteiger partial charge is 0.419 e. The molecule has 1 N–H and O–H groups in total. The number of aromatic nitrogens is 3. The van der Waals surface area contributed by atoms with Crippen LogP contribution < -0.4 is 5.32 Å². The van der Waals surface area contributed by atoms with Crippen molar-refractivity contribution in [3.8, 4) is 10.4 Å². The van der Waals surface area contributed by atoms with Gasteiger partial charge in [-0.2, -0.15) is 13.2 Å². The molecule has 1 aliphatic rings. The summed E-state index contributed by atoms with van der Waals surface area (Å²) in [6, 6.07) is 4.79. The highest BCUT2D eigenvalue weighted by Gasteiger charge is 2.47. The average molecular weight is 530 g/mol. The minimum Gasteiger partial charge on any atom is -0.352 e. The highest BCUT2D eigenvalue weighted by molar-refractivity contribution is 7.15. The van der Waals surface area contributed by atoms with Gasteiger partial charge in [0.15, 0.2) is 0 Å². The Balaban J connectivity index is 1.61. The second-order valence-corrected chi connectivity index (χ2v) is 9.84. The van der Waals surface area contributed by atoms with Crippen LogP contribution in [0.1, 0.15) is 34.4 Å².